The van der Waals surface area contributed by atoms with E-state index in [0.29, 0.717) is 12.2 Å². The fraction of sp³-hybridized carbons (Fsp3) is 0.333. The highest BCUT2D eigenvalue weighted by Crippen LogP contribution is 2.15. The first kappa shape index (κ1) is 16.4. The number of anilines is 3. The highest BCUT2D eigenvalue weighted by molar-refractivity contribution is 5.92. The van der Waals surface area contributed by atoms with Crippen molar-refractivity contribution < 1.29 is 4.79 Å². The van der Waals surface area contributed by atoms with Crippen molar-refractivity contribution in [3.8, 4) is 0 Å². The second kappa shape index (κ2) is 7.90. The summed E-state index contributed by atoms with van der Waals surface area (Å²) < 4.78 is 0. The largest absolute Gasteiger partial charge is 0.340 e. The minimum Gasteiger partial charge on any atom is -0.340 e. The Labute approximate surface area is 142 Å². The highest BCUT2D eigenvalue weighted by atomic mass is 16.2. The van der Waals surface area contributed by atoms with E-state index in [1.807, 2.05) is 42.5 Å². The lowest BCUT2D eigenvalue weighted by atomic mass is 10.3. The minimum absolute atomic E-state index is 0.00474. The number of pyridine rings is 1. The Kier molecular flexibility index (Phi) is 5.40. The third-order valence-electron chi connectivity index (χ3n) is 4.06. The van der Waals surface area contributed by atoms with E-state index in [9.17, 15) is 4.79 Å². The van der Waals surface area contributed by atoms with Gasteiger partial charge in [0, 0.05) is 31.9 Å². The number of hydrogen-bond acceptors (Lipinski definition) is 5. The number of amides is 1. The van der Waals surface area contributed by atoms with Gasteiger partial charge in [-0.15, -0.1) is 0 Å². The smallest absolute Gasteiger partial charge is 0.238 e. The highest BCUT2D eigenvalue weighted by Gasteiger charge is 2.16. The van der Waals surface area contributed by atoms with E-state index in [2.05, 4.69) is 32.5 Å². The third kappa shape index (κ3) is 4.78. The van der Waals surface area contributed by atoms with Crippen LogP contribution >= 0.6 is 0 Å². The van der Waals surface area contributed by atoms with Gasteiger partial charge in [0.25, 0.3) is 0 Å². The first-order valence-corrected chi connectivity index (χ1v) is 8.18. The lowest BCUT2D eigenvalue weighted by molar-refractivity contribution is -0.117. The van der Waals surface area contributed by atoms with E-state index in [4.69, 9.17) is 0 Å². The molecule has 1 amide bonds. The van der Waals surface area contributed by atoms with Gasteiger partial charge in [0.1, 0.15) is 5.82 Å². The predicted octanol–water partition coefficient (Wildman–Crippen LogP) is 2.01. The van der Waals surface area contributed by atoms with Gasteiger partial charge in [-0.3, -0.25) is 9.69 Å². The van der Waals surface area contributed by atoms with Gasteiger partial charge in [-0.2, -0.15) is 0 Å². The Hall–Kier alpha value is -2.44. The number of carbonyl (C=O) groups excluding carboxylic acids is 1. The SMILES string of the molecule is CN1CCN(CC(=O)Nc2ccc(Nc3ccccc3)nc2)CC1. The van der Waals surface area contributed by atoms with Crippen LogP contribution < -0.4 is 10.6 Å². The maximum atomic E-state index is 12.1. The number of rotatable bonds is 5. The van der Waals surface area contributed by atoms with Crippen LogP contribution in [0, 0.1) is 0 Å². The molecular weight excluding hydrogens is 302 g/mol. The topological polar surface area (TPSA) is 60.5 Å². The summed E-state index contributed by atoms with van der Waals surface area (Å²) in [6.45, 7) is 4.31. The van der Waals surface area contributed by atoms with E-state index in [0.717, 1.165) is 37.7 Å². The summed E-state index contributed by atoms with van der Waals surface area (Å²) in [4.78, 5) is 20.9. The van der Waals surface area contributed by atoms with Crippen LogP contribution in [0.2, 0.25) is 0 Å². The Bertz CT molecular complexity index is 651. The van der Waals surface area contributed by atoms with Crippen molar-refractivity contribution in [2.24, 2.45) is 0 Å². The molecule has 0 atom stereocenters. The molecular formula is C18H23N5O. The van der Waals surface area contributed by atoms with E-state index < -0.39 is 0 Å². The predicted molar refractivity (Wildman–Crippen MR) is 96.5 cm³/mol. The Morgan fingerprint density at radius 2 is 1.79 bits per heavy atom. The van der Waals surface area contributed by atoms with Gasteiger partial charge in [0.15, 0.2) is 0 Å². The molecule has 0 spiro atoms. The van der Waals surface area contributed by atoms with E-state index in [-0.39, 0.29) is 5.91 Å². The zero-order chi connectivity index (χ0) is 16.8. The van der Waals surface area contributed by atoms with Crippen LogP contribution in [0.15, 0.2) is 48.7 Å². The molecule has 0 unspecified atom stereocenters. The van der Waals surface area contributed by atoms with Gasteiger partial charge < -0.3 is 15.5 Å². The van der Waals surface area contributed by atoms with Crippen molar-refractivity contribution >= 4 is 23.1 Å². The zero-order valence-corrected chi connectivity index (χ0v) is 13.9. The van der Waals surface area contributed by atoms with Gasteiger partial charge in [0.2, 0.25) is 5.91 Å². The van der Waals surface area contributed by atoms with Crippen molar-refractivity contribution in [3.05, 3.63) is 48.7 Å². The lowest BCUT2D eigenvalue weighted by Gasteiger charge is -2.31. The van der Waals surface area contributed by atoms with E-state index in [1.54, 1.807) is 6.20 Å². The molecule has 1 aromatic heterocycles. The molecule has 0 aliphatic carbocycles. The summed E-state index contributed by atoms with van der Waals surface area (Å²) in [6, 6.07) is 13.6. The number of likely N-dealkylation sites (N-methyl/N-ethyl adjacent to an activating group) is 1. The number of piperazine rings is 1. The summed E-state index contributed by atoms with van der Waals surface area (Å²) in [5.74, 6) is 0.753. The van der Waals surface area contributed by atoms with E-state index >= 15 is 0 Å². The molecule has 1 aliphatic rings. The monoisotopic (exact) mass is 325 g/mol. The van der Waals surface area contributed by atoms with Crippen molar-refractivity contribution in [1.29, 1.82) is 0 Å². The molecule has 24 heavy (non-hydrogen) atoms. The molecule has 1 aromatic carbocycles. The average molecular weight is 325 g/mol. The van der Waals surface area contributed by atoms with Gasteiger partial charge in [-0.25, -0.2) is 4.98 Å². The summed E-state index contributed by atoms with van der Waals surface area (Å²) >= 11 is 0. The number of carbonyl (C=O) groups is 1. The Morgan fingerprint density at radius 3 is 2.46 bits per heavy atom. The standard InChI is InChI=1S/C18H23N5O/c1-22-9-11-23(12-10-22)14-18(24)21-16-7-8-17(19-13-16)20-15-5-3-2-4-6-15/h2-8,13H,9-12,14H2,1H3,(H,19,20)(H,21,24). The molecule has 0 radical (unpaired) electrons. The summed E-state index contributed by atoms with van der Waals surface area (Å²) in [6.07, 6.45) is 1.67. The van der Waals surface area contributed by atoms with Crippen molar-refractivity contribution in [2.45, 2.75) is 0 Å². The minimum atomic E-state index is 0.00474. The van der Waals surface area contributed by atoms with Gasteiger partial charge in [-0.1, -0.05) is 18.2 Å². The molecule has 3 rings (SSSR count). The molecule has 2 N–H and O–H groups in total. The first-order valence-electron chi connectivity index (χ1n) is 8.18. The van der Waals surface area contributed by atoms with Crippen LogP contribution in [-0.4, -0.2) is 60.5 Å². The maximum absolute atomic E-state index is 12.1. The molecule has 1 aliphatic heterocycles. The molecule has 6 nitrogen and oxygen atoms in total. The number of nitrogens with zero attached hydrogens (tertiary/aromatic N) is 3. The number of aromatic nitrogens is 1. The number of para-hydroxylation sites is 1. The lowest BCUT2D eigenvalue weighted by Crippen LogP contribution is -2.47. The molecule has 126 valence electrons. The molecule has 6 heteroatoms. The zero-order valence-electron chi connectivity index (χ0n) is 13.9. The summed E-state index contributed by atoms with van der Waals surface area (Å²) in [7, 11) is 2.11. The normalized spacial score (nSPS) is 15.9. The van der Waals surface area contributed by atoms with Crippen LogP contribution in [0.3, 0.4) is 0 Å². The molecule has 0 bridgehead atoms. The summed E-state index contributed by atoms with van der Waals surface area (Å²) in [5, 5.41) is 6.12. The fourth-order valence-corrected chi connectivity index (χ4v) is 2.62. The number of benzene rings is 1. The molecule has 2 heterocycles. The second-order valence-electron chi connectivity index (χ2n) is 6.05. The van der Waals surface area contributed by atoms with Crippen LogP contribution in [-0.2, 0) is 4.79 Å². The van der Waals surface area contributed by atoms with Crippen LogP contribution in [0.4, 0.5) is 17.2 Å². The number of nitrogens with one attached hydrogen (secondary N) is 2. The maximum Gasteiger partial charge on any atom is 0.238 e. The molecule has 2 aromatic rings. The van der Waals surface area contributed by atoms with Crippen LogP contribution in [0.25, 0.3) is 0 Å². The van der Waals surface area contributed by atoms with Crippen molar-refractivity contribution in [3.63, 3.8) is 0 Å². The summed E-state index contributed by atoms with van der Waals surface area (Å²) in [5.41, 5.74) is 1.70. The Morgan fingerprint density at radius 1 is 1.04 bits per heavy atom. The van der Waals surface area contributed by atoms with E-state index in [1.165, 1.54) is 0 Å². The molecule has 0 saturated carbocycles. The van der Waals surface area contributed by atoms with Crippen molar-refractivity contribution in [2.75, 3.05) is 50.4 Å². The van der Waals surface area contributed by atoms with Crippen LogP contribution in [0.1, 0.15) is 0 Å². The molecule has 1 fully saturated rings. The quantitative estimate of drug-likeness (QED) is 0.881. The third-order valence-corrected chi connectivity index (χ3v) is 4.06. The van der Waals surface area contributed by atoms with Crippen LogP contribution in [0.5, 0.6) is 0 Å². The first-order chi connectivity index (χ1) is 11.7. The van der Waals surface area contributed by atoms with Gasteiger partial charge in [-0.05, 0) is 31.3 Å². The average Bonchev–Trinajstić information content (AvgIpc) is 2.60. The van der Waals surface area contributed by atoms with Gasteiger partial charge in [0.05, 0.1) is 18.4 Å². The van der Waals surface area contributed by atoms with Gasteiger partial charge >= 0.3 is 0 Å². The Balaban J connectivity index is 1.49. The second-order valence-corrected chi connectivity index (χ2v) is 6.05. The van der Waals surface area contributed by atoms with Crippen molar-refractivity contribution in [1.82, 2.24) is 14.8 Å². The number of hydrogen-bond donors (Lipinski definition) is 2. The molecule has 1 saturated heterocycles. The fourth-order valence-electron chi connectivity index (χ4n) is 2.62.